The van der Waals surface area contributed by atoms with Gasteiger partial charge in [-0.05, 0) is 31.4 Å². The molecule has 1 heterocycles. The van der Waals surface area contributed by atoms with E-state index in [0.29, 0.717) is 13.2 Å². The number of nitrogens with zero attached hydrogens (tertiary/aromatic N) is 1. The highest BCUT2D eigenvalue weighted by atomic mass is 19.1. The van der Waals surface area contributed by atoms with Crippen LogP contribution in [0, 0.1) is 11.6 Å². The van der Waals surface area contributed by atoms with Crippen molar-refractivity contribution in [3.05, 3.63) is 29.8 Å². The van der Waals surface area contributed by atoms with Crippen molar-refractivity contribution in [2.75, 3.05) is 32.1 Å². The van der Waals surface area contributed by atoms with Crippen LogP contribution in [0.3, 0.4) is 0 Å². The number of rotatable bonds is 4. The Morgan fingerprint density at radius 2 is 2.25 bits per heavy atom. The first-order chi connectivity index (χ1) is 11.6. The van der Waals surface area contributed by atoms with E-state index in [2.05, 4.69) is 10.2 Å². The van der Waals surface area contributed by atoms with Gasteiger partial charge in [0.25, 0.3) is 0 Å². The van der Waals surface area contributed by atoms with E-state index >= 15 is 0 Å². The molecule has 1 N–H and O–H groups in total. The molecular formula is C17H22F2N2O3. The molecule has 1 amide bonds. The van der Waals surface area contributed by atoms with Gasteiger partial charge in [0.1, 0.15) is 11.6 Å². The molecule has 0 spiro atoms. The summed E-state index contributed by atoms with van der Waals surface area (Å²) in [6.07, 6.45) is 2.97. The third kappa shape index (κ3) is 3.91. The van der Waals surface area contributed by atoms with Crippen molar-refractivity contribution in [3.63, 3.8) is 0 Å². The summed E-state index contributed by atoms with van der Waals surface area (Å²) in [7, 11) is 1.70. The van der Waals surface area contributed by atoms with Gasteiger partial charge in [0.2, 0.25) is 5.91 Å². The van der Waals surface area contributed by atoms with Gasteiger partial charge in [0, 0.05) is 25.8 Å². The monoisotopic (exact) mass is 340 g/mol. The minimum absolute atomic E-state index is 0.00961. The Morgan fingerprint density at radius 3 is 3.00 bits per heavy atom. The Balaban J connectivity index is 1.62. The number of carbonyl (C=O) groups is 1. The number of morpholine rings is 1. The van der Waals surface area contributed by atoms with Gasteiger partial charge in [0.05, 0.1) is 31.0 Å². The predicted octanol–water partition coefficient (Wildman–Crippen LogP) is 2.17. The summed E-state index contributed by atoms with van der Waals surface area (Å²) >= 11 is 0. The molecule has 1 aromatic carbocycles. The molecule has 1 aliphatic heterocycles. The number of hydrogen-bond acceptors (Lipinski definition) is 4. The maximum absolute atomic E-state index is 13.7. The second-order valence-electron chi connectivity index (χ2n) is 6.29. The van der Waals surface area contributed by atoms with Gasteiger partial charge in [-0.25, -0.2) is 8.78 Å². The lowest BCUT2D eigenvalue weighted by Gasteiger charge is -2.45. The Hall–Kier alpha value is -1.57. The van der Waals surface area contributed by atoms with Crippen molar-refractivity contribution in [2.45, 2.75) is 37.5 Å². The summed E-state index contributed by atoms with van der Waals surface area (Å²) < 4.78 is 37.8. The van der Waals surface area contributed by atoms with Crippen LogP contribution in [0.4, 0.5) is 14.5 Å². The number of hydrogen-bond donors (Lipinski definition) is 1. The molecule has 1 saturated carbocycles. The highest BCUT2D eigenvalue weighted by molar-refractivity contribution is 5.92. The first kappa shape index (κ1) is 17.3. The van der Waals surface area contributed by atoms with E-state index in [0.717, 1.165) is 31.4 Å². The molecule has 1 aromatic rings. The average molecular weight is 340 g/mol. The fourth-order valence-corrected chi connectivity index (χ4v) is 3.52. The number of amides is 1. The van der Waals surface area contributed by atoms with Crippen LogP contribution in [0.15, 0.2) is 18.2 Å². The lowest BCUT2D eigenvalue weighted by atomic mass is 9.88. The van der Waals surface area contributed by atoms with Crippen molar-refractivity contribution in [1.29, 1.82) is 0 Å². The number of methoxy groups -OCH3 is 1. The minimum Gasteiger partial charge on any atom is -0.381 e. The van der Waals surface area contributed by atoms with E-state index < -0.39 is 11.6 Å². The molecular weight excluding hydrogens is 318 g/mol. The van der Waals surface area contributed by atoms with E-state index in [1.807, 2.05) is 0 Å². The summed E-state index contributed by atoms with van der Waals surface area (Å²) in [5, 5.41) is 2.51. The van der Waals surface area contributed by atoms with Crippen LogP contribution >= 0.6 is 0 Å². The van der Waals surface area contributed by atoms with Crippen LogP contribution in [0.1, 0.15) is 19.3 Å². The van der Waals surface area contributed by atoms with Crippen molar-refractivity contribution in [1.82, 2.24) is 4.90 Å². The molecule has 0 unspecified atom stereocenters. The molecule has 5 nitrogen and oxygen atoms in total. The van der Waals surface area contributed by atoms with E-state index in [9.17, 15) is 13.6 Å². The maximum atomic E-state index is 13.7. The van der Waals surface area contributed by atoms with Crippen LogP contribution in [-0.2, 0) is 14.3 Å². The van der Waals surface area contributed by atoms with Crippen LogP contribution in [0.25, 0.3) is 0 Å². The van der Waals surface area contributed by atoms with Gasteiger partial charge in [-0.3, -0.25) is 9.69 Å². The zero-order valence-electron chi connectivity index (χ0n) is 13.6. The first-order valence-electron chi connectivity index (χ1n) is 8.20. The second-order valence-corrected chi connectivity index (χ2v) is 6.29. The topological polar surface area (TPSA) is 50.8 Å². The number of carbonyl (C=O) groups excluding carboxylic acids is 1. The van der Waals surface area contributed by atoms with Crippen LogP contribution in [0.5, 0.6) is 0 Å². The molecule has 7 heteroatoms. The standard InChI is InChI=1S/C17H22F2N2O3/c1-23-12-3-5-16-15(9-12)21(6-7-24-16)10-17(22)20-14-4-2-11(18)8-13(14)19/h2,4,8,12,15-16H,3,5-7,9-10H2,1H3,(H,20,22)/t12-,15+,16-/m1/s1. The number of fused-ring (bicyclic) bond motifs is 1. The average Bonchev–Trinajstić information content (AvgIpc) is 2.57. The highest BCUT2D eigenvalue weighted by Gasteiger charge is 2.38. The Morgan fingerprint density at radius 1 is 1.42 bits per heavy atom. The van der Waals surface area contributed by atoms with Crippen LogP contribution in [-0.4, -0.2) is 55.9 Å². The predicted molar refractivity (Wildman–Crippen MR) is 84.7 cm³/mol. The third-order valence-electron chi connectivity index (χ3n) is 4.77. The summed E-state index contributed by atoms with van der Waals surface area (Å²) in [6.45, 7) is 1.38. The second kappa shape index (κ2) is 7.55. The Kier molecular flexibility index (Phi) is 5.43. The van der Waals surface area contributed by atoms with Crippen molar-refractivity contribution in [3.8, 4) is 0 Å². The molecule has 2 aliphatic rings. The molecule has 1 aliphatic carbocycles. The van der Waals surface area contributed by atoms with Gasteiger partial charge in [-0.1, -0.05) is 0 Å². The number of benzene rings is 1. The van der Waals surface area contributed by atoms with Crippen molar-refractivity contribution < 1.29 is 23.0 Å². The van der Waals surface area contributed by atoms with Gasteiger partial charge in [-0.15, -0.1) is 0 Å². The summed E-state index contributed by atoms with van der Waals surface area (Å²) in [4.78, 5) is 14.3. The summed E-state index contributed by atoms with van der Waals surface area (Å²) in [5.41, 5.74) is -0.00961. The van der Waals surface area contributed by atoms with Gasteiger partial charge < -0.3 is 14.8 Å². The zero-order chi connectivity index (χ0) is 17.1. The van der Waals surface area contributed by atoms with E-state index in [-0.39, 0.29) is 36.4 Å². The molecule has 24 heavy (non-hydrogen) atoms. The van der Waals surface area contributed by atoms with Gasteiger partial charge >= 0.3 is 0 Å². The first-order valence-corrected chi connectivity index (χ1v) is 8.20. The summed E-state index contributed by atoms with van der Waals surface area (Å²) in [6, 6.07) is 3.23. The van der Waals surface area contributed by atoms with Crippen molar-refractivity contribution in [2.24, 2.45) is 0 Å². The van der Waals surface area contributed by atoms with E-state index in [1.54, 1.807) is 7.11 Å². The largest absolute Gasteiger partial charge is 0.381 e. The van der Waals surface area contributed by atoms with Gasteiger partial charge in [-0.2, -0.15) is 0 Å². The van der Waals surface area contributed by atoms with E-state index in [4.69, 9.17) is 9.47 Å². The maximum Gasteiger partial charge on any atom is 0.238 e. The minimum atomic E-state index is -0.777. The molecule has 3 atom stereocenters. The Labute approximate surface area is 139 Å². The number of ether oxygens (including phenoxy) is 2. The van der Waals surface area contributed by atoms with Crippen molar-refractivity contribution >= 4 is 11.6 Å². The number of halogens is 2. The normalized spacial score (nSPS) is 27.5. The summed E-state index contributed by atoms with van der Waals surface area (Å²) in [5.74, 6) is -1.77. The molecule has 132 valence electrons. The lowest BCUT2D eigenvalue weighted by Crippen LogP contribution is -2.56. The zero-order valence-corrected chi connectivity index (χ0v) is 13.6. The van der Waals surface area contributed by atoms with E-state index in [1.165, 1.54) is 6.07 Å². The molecule has 0 radical (unpaired) electrons. The molecule has 2 fully saturated rings. The number of anilines is 1. The molecule has 0 bridgehead atoms. The van der Waals surface area contributed by atoms with Crippen LogP contribution < -0.4 is 5.32 Å². The molecule has 3 rings (SSSR count). The van der Waals surface area contributed by atoms with Crippen LogP contribution in [0.2, 0.25) is 0 Å². The third-order valence-corrected chi connectivity index (χ3v) is 4.77. The van der Waals surface area contributed by atoms with Gasteiger partial charge in [0.15, 0.2) is 0 Å². The fourth-order valence-electron chi connectivity index (χ4n) is 3.52. The quantitative estimate of drug-likeness (QED) is 0.913. The number of nitrogens with one attached hydrogen (secondary N) is 1. The SMILES string of the molecule is CO[C@@H]1CC[C@H]2OCCN(CC(=O)Nc3ccc(F)cc3F)[C@H]2C1. The molecule has 0 aromatic heterocycles. The Bertz CT molecular complexity index is 599. The smallest absolute Gasteiger partial charge is 0.238 e. The molecule has 1 saturated heterocycles. The highest BCUT2D eigenvalue weighted by Crippen LogP contribution is 2.30. The fraction of sp³-hybridized carbons (Fsp3) is 0.588. The lowest BCUT2D eigenvalue weighted by molar-refractivity contribution is -0.130.